The van der Waals surface area contributed by atoms with Crippen molar-refractivity contribution in [2.75, 3.05) is 25.4 Å². The van der Waals surface area contributed by atoms with Gasteiger partial charge in [-0.2, -0.15) is 0 Å². The molecule has 0 spiro atoms. The number of aromatic amines is 1. The summed E-state index contributed by atoms with van der Waals surface area (Å²) in [4.78, 5) is 12.5. The van der Waals surface area contributed by atoms with E-state index in [-0.39, 0.29) is 17.1 Å². The van der Waals surface area contributed by atoms with Crippen LogP contribution in [-0.2, 0) is 16.4 Å². The minimum absolute atomic E-state index is 0.130. The molecule has 3 fully saturated rings. The molecule has 0 amide bonds. The van der Waals surface area contributed by atoms with Crippen molar-refractivity contribution in [3.05, 3.63) is 59.1 Å². The van der Waals surface area contributed by atoms with Gasteiger partial charge in [-0.3, -0.25) is 9.80 Å². The van der Waals surface area contributed by atoms with Crippen LogP contribution in [0, 0.1) is 5.82 Å². The lowest BCUT2D eigenvalue weighted by Gasteiger charge is -2.56. The van der Waals surface area contributed by atoms with E-state index in [9.17, 15) is 12.8 Å². The quantitative estimate of drug-likeness (QED) is 0.627. The SMILES string of the molecule is O=S(=O)(CCN1C2CC1CN(Cc1nc3c(F)ccc(Cl)c3[nH]1)C2)c1ccccc1. The normalized spacial score (nSPS) is 22.3. The fourth-order valence-corrected chi connectivity index (χ4v) is 6.06. The molecule has 6 rings (SSSR count). The number of hydrogen-bond donors (Lipinski definition) is 1. The van der Waals surface area contributed by atoms with Crippen molar-refractivity contribution in [1.29, 1.82) is 0 Å². The van der Waals surface area contributed by atoms with Gasteiger partial charge in [-0.05, 0) is 30.7 Å². The van der Waals surface area contributed by atoms with Crippen molar-refractivity contribution in [3.8, 4) is 0 Å². The summed E-state index contributed by atoms with van der Waals surface area (Å²) in [6, 6.07) is 12.2. The molecule has 2 unspecified atom stereocenters. The van der Waals surface area contributed by atoms with Gasteiger partial charge in [0, 0.05) is 31.7 Å². The molecule has 2 atom stereocenters. The molecule has 2 bridgehead atoms. The van der Waals surface area contributed by atoms with Gasteiger partial charge in [-0.1, -0.05) is 29.8 Å². The van der Waals surface area contributed by atoms with Gasteiger partial charge in [0.05, 0.1) is 27.7 Å². The van der Waals surface area contributed by atoms with E-state index in [0.717, 1.165) is 19.5 Å². The van der Waals surface area contributed by atoms with Crippen LogP contribution in [0.5, 0.6) is 0 Å². The highest BCUT2D eigenvalue weighted by atomic mass is 35.5. The molecule has 6 nitrogen and oxygen atoms in total. The second-order valence-corrected chi connectivity index (χ2v) is 10.6. The lowest BCUT2D eigenvalue weighted by atomic mass is 9.87. The summed E-state index contributed by atoms with van der Waals surface area (Å²) >= 11 is 6.14. The molecule has 158 valence electrons. The van der Waals surface area contributed by atoms with Crippen molar-refractivity contribution in [2.24, 2.45) is 0 Å². The molecule has 3 saturated heterocycles. The number of piperazine rings is 1. The Kier molecular flexibility index (Phi) is 5.05. The average Bonchev–Trinajstić information content (AvgIpc) is 3.16. The van der Waals surface area contributed by atoms with Gasteiger partial charge in [0.2, 0.25) is 0 Å². The number of piperidine rings is 1. The number of rotatable bonds is 6. The molecular formula is C21H22ClFN4O2S. The third-order valence-corrected chi connectivity index (χ3v) is 8.13. The summed E-state index contributed by atoms with van der Waals surface area (Å²) < 4.78 is 39.1. The molecule has 3 aliphatic rings. The Hall–Kier alpha value is -2.00. The fraction of sp³-hybridized carbons (Fsp3) is 0.381. The van der Waals surface area contributed by atoms with E-state index in [1.165, 1.54) is 12.1 Å². The van der Waals surface area contributed by atoms with Crippen LogP contribution in [0.15, 0.2) is 47.4 Å². The fourth-order valence-electron chi connectivity index (χ4n) is 4.60. The number of aromatic nitrogens is 2. The maximum atomic E-state index is 14.0. The van der Waals surface area contributed by atoms with Crippen LogP contribution >= 0.6 is 11.6 Å². The van der Waals surface area contributed by atoms with Gasteiger partial charge < -0.3 is 4.98 Å². The molecule has 9 heteroatoms. The Bertz CT molecular complexity index is 1130. The summed E-state index contributed by atoms with van der Waals surface area (Å²) in [7, 11) is -3.27. The Morgan fingerprint density at radius 2 is 1.87 bits per heavy atom. The monoisotopic (exact) mass is 448 g/mol. The molecule has 30 heavy (non-hydrogen) atoms. The maximum absolute atomic E-state index is 14.0. The van der Waals surface area contributed by atoms with E-state index in [4.69, 9.17) is 11.6 Å². The minimum Gasteiger partial charge on any atom is -0.340 e. The van der Waals surface area contributed by atoms with Crippen LogP contribution in [0.25, 0.3) is 11.0 Å². The van der Waals surface area contributed by atoms with Gasteiger partial charge in [0.1, 0.15) is 11.3 Å². The van der Waals surface area contributed by atoms with E-state index >= 15 is 0 Å². The first kappa shape index (κ1) is 19.9. The van der Waals surface area contributed by atoms with Gasteiger partial charge in [0.15, 0.2) is 15.7 Å². The molecule has 1 N–H and O–H groups in total. The molecule has 3 aliphatic heterocycles. The molecule has 0 saturated carbocycles. The molecule has 0 radical (unpaired) electrons. The van der Waals surface area contributed by atoms with Gasteiger partial charge in [0.25, 0.3) is 0 Å². The Morgan fingerprint density at radius 1 is 1.13 bits per heavy atom. The highest BCUT2D eigenvalue weighted by molar-refractivity contribution is 7.91. The second-order valence-electron chi connectivity index (χ2n) is 8.04. The minimum atomic E-state index is -3.27. The number of nitrogens with one attached hydrogen (secondary N) is 1. The van der Waals surface area contributed by atoms with E-state index in [1.807, 2.05) is 6.07 Å². The Morgan fingerprint density at radius 3 is 2.57 bits per heavy atom. The Balaban J connectivity index is 1.20. The zero-order chi connectivity index (χ0) is 20.9. The summed E-state index contributed by atoms with van der Waals surface area (Å²) in [5.41, 5.74) is 0.800. The predicted octanol–water partition coefficient (Wildman–Crippen LogP) is 3.09. The molecule has 3 aromatic rings. The number of fused-ring (bicyclic) bond motifs is 3. The number of H-pyrrole nitrogens is 1. The smallest absolute Gasteiger partial charge is 0.179 e. The van der Waals surface area contributed by atoms with E-state index in [2.05, 4.69) is 19.8 Å². The van der Waals surface area contributed by atoms with Gasteiger partial charge in [-0.15, -0.1) is 0 Å². The molecule has 1 aromatic heterocycles. The number of hydrogen-bond acceptors (Lipinski definition) is 5. The summed E-state index contributed by atoms with van der Waals surface area (Å²) in [5, 5.41) is 0.456. The number of sulfone groups is 1. The first-order valence-electron chi connectivity index (χ1n) is 9.99. The number of benzene rings is 2. The molecule has 4 heterocycles. The van der Waals surface area contributed by atoms with Gasteiger partial charge >= 0.3 is 0 Å². The maximum Gasteiger partial charge on any atom is 0.179 e. The van der Waals surface area contributed by atoms with Crippen LogP contribution in [0.3, 0.4) is 0 Å². The largest absolute Gasteiger partial charge is 0.340 e. The topological polar surface area (TPSA) is 69.3 Å². The van der Waals surface area contributed by atoms with Crippen LogP contribution < -0.4 is 0 Å². The first-order chi connectivity index (χ1) is 14.4. The van der Waals surface area contributed by atoms with E-state index in [1.54, 1.807) is 24.3 Å². The lowest BCUT2D eigenvalue weighted by Crippen LogP contribution is -2.68. The van der Waals surface area contributed by atoms with Gasteiger partial charge in [-0.25, -0.2) is 17.8 Å². The third kappa shape index (κ3) is 3.62. The van der Waals surface area contributed by atoms with E-state index in [0.29, 0.717) is 46.4 Å². The van der Waals surface area contributed by atoms with E-state index < -0.39 is 9.84 Å². The standard InChI is InChI=1S/C21H22ClFN4O2S/c22-17-6-7-18(23)21-20(17)24-19(25-21)13-26-11-14-10-15(12-26)27(14)8-9-30(28,29)16-4-2-1-3-5-16/h1-7,14-15H,8-13H2,(H,24,25). The molecule has 2 aromatic carbocycles. The Labute approximate surface area is 179 Å². The number of imidazole rings is 1. The summed E-state index contributed by atoms with van der Waals surface area (Å²) in [5.74, 6) is 0.437. The second kappa shape index (κ2) is 7.60. The first-order valence-corrected chi connectivity index (χ1v) is 12.0. The average molecular weight is 449 g/mol. The highest BCUT2D eigenvalue weighted by Gasteiger charge is 2.44. The van der Waals surface area contributed by atoms with Crippen molar-refractivity contribution in [3.63, 3.8) is 0 Å². The zero-order valence-corrected chi connectivity index (χ0v) is 17.8. The lowest BCUT2D eigenvalue weighted by molar-refractivity contribution is -0.0680. The highest BCUT2D eigenvalue weighted by Crippen LogP contribution is 2.33. The van der Waals surface area contributed by atoms with Crippen molar-refractivity contribution in [2.45, 2.75) is 29.9 Å². The van der Waals surface area contributed by atoms with Crippen LogP contribution in [0.2, 0.25) is 5.02 Å². The third-order valence-electron chi connectivity index (χ3n) is 6.11. The molecular weight excluding hydrogens is 427 g/mol. The zero-order valence-electron chi connectivity index (χ0n) is 16.3. The van der Waals surface area contributed by atoms with Crippen LogP contribution in [-0.4, -0.2) is 65.7 Å². The predicted molar refractivity (Wildman–Crippen MR) is 114 cm³/mol. The summed E-state index contributed by atoms with van der Waals surface area (Å²) in [6.07, 6.45) is 1.09. The number of nitrogens with zero attached hydrogens (tertiary/aromatic N) is 3. The molecule has 0 aliphatic carbocycles. The van der Waals surface area contributed by atoms with Crippen LogP contribution in [0.1, 0.15) is 12.2 Å². The van der Waals surface area contributed by atoms with Crippen molar-refractivity contribution < 1.29 is 12.8 Å². The van der Waals surface area contributed by atoms with Crippen molar-refractivity contribution in [1.82, 2.24) is 19.8 Å². The van der Waals surface area contributed by atoms with Crippen LogP contribution in [0.4, 0.5) is 4.39 Å². The number of halogens is 2. The van der Waals surface area contributed by atoms with Crippen molar-refractivity contribution >= 4 is 32.5 Å². The summed E-state index contributed by atoms with van der Waals surface area (Å²) in [6.45, 7) is 2.82.